The molecule has 29 heavy (non-hydrogen) atoms. The van der Waals surface area contributed by atoms with E-state index in [0.717, 1.165) is 16.3 Å². The van der Waals surface area contributed by atoms with Crippen molar-refractivity contribution in [2.75, 3.05) is 29.9 Å². The molecule has 8 nitrogen and oxygen atoms in total. The first kappa shape index (κ1) is 19.4. The van der Waals surface area contributed by atoms with Gasteiger partial charge in [-0.2, -0.15) is 0 Å². The van der Waals surface area contributed by atoms with Gasteiger partial charge in [0.2, 0.25) is 11.8 Å². The molecule has 0 radical (unpaired) electrons. The lowest BCUT2D eigenvalue weighted by atomic mass is 10.1. The molecule has 1 saturated heterocycles. The lowest BCUT2D eigenvalue weighted by Gasteiger charge is -2.28. The fourth-order valence-electron chi connectivity index (χ4n) is 3.68. The van der Waals surface area contributed by atoms with Crippen LogP contribution >= 0.6 is 11.3 Å². The Labute approximate surface area is 172 Å². The summed E-state index contributed by atoms with van der Waals surface area (Å²) in [5.74, 6) is -0.365. The van der Waals surface area contributed by atoms with E-state index < -0.39 is 6.09 Å². The molecule has 1 fully saturated rings. The second-order valence-electron chi connectivity index (χ2n) is 6.99. The molecule has 2 aliphatic rings. The largest absolute Gasteiger partial charge is 0.450 e. The smallest absolute Gasteiger partial charge is 0.413 e. The first-order valence-corrected chi connectivity index (χ1v) is 10.4. The zero-order valence-electron chi connectivity index (χ0n) is 16.1. The predicted molar refractivity (Wildman–Crippen MR) is 109 cm³/mol. The summed E-state index contributed by atoms with van der Waals surface area (Å²) in [5.41, 5.74) is 1.73. The van der Waals surface area contributed by atoms with Gasteiger partial charge in [0.25, 0.3) is 0 Å². The third-order valence-electron chi connectivity index (χ3n) is 5.07. The number of nitrogens with one attached hydrogen (secondary N) is 1. The van der Waals surface area contributed by atoms with Gasteiger partial charge in [0.1, 0.15) is 0 Å². The number of hydrogen-bond acceptors (Lipinski definition) is 6. The Morgan fingerprint density at radius 2 is 2.10 bits per heavy atom. The minimum Gasteiger partial charge on any atom is -0.450 e. The standard InChI is InChI=1S/C20H22N4O4S/c1-2-28-20(27)22-19-21-15-8-9-23(12-16(15)29-19)18(26)13-10-17(25)24(11-13)14-6-4-3-5-7-14/h3-7,13H,2,8-12H2,1H3,(H,21,22,27). The highest BCUT2D eigenvalue weighted by Gasteiger charge is 2.38. The maximum atomic E-state index is 13.0. The summed E-state index contributed by atoms with van der Waals surface area (Å²) >= 11 is 1.36. The average Bonchev–Trinajstić information content (AvgIpc) is 3.30. The van der Waals surface area contributed by atoms with Crippen molar-refractivity contribution in [2.24, 2.45) is 5.92 Å². The number of benzene rings is 1. The second-order valence-corrected chi connectivity index (χ2v) is 8.07. The molecule has 1 atom stereocenters. The van der Waals surface area contributed by atoms with E-state index in [9.17, 15) is 14.4 Å². The Hall–Kier alpha value is -2.94. The maximum absolute atomic E-state index is 13.0. The number of fused-ring (bicyclic) bond motifs is 1. The predicted octanol–water partition coefficient (Wildman–Crippen LogP) is 2.65. The summed E-state index contributed by atoms with van der Waals surface area (Å²) in [5, 5.41) is 3.10. The number of anilines is 2. The highest BCUT2D eigenvalue weighted by Crippen LogP contribution is 2.31. The molecule has 9 heteroatoms. The number of ether oxygens (including phenoxy) is 1. The van der Waals surface area contributed by atoms with Gasteiger partial charge in [-0.3, -0.25) is 14.9 Å². The number of nitrogens with zero attached hydrogens (tertiary/aromatic N) is 3. The van der Waals surface area contributed by atoms with Crippen molar-refractivity contribution < 1.29 is 19.1 Å². The number of thiazole rings is 1. The van der Waals surface area contributed by atoms with Crippen LogP contribution in [0.2, 0.25) is 0 Å². The summed E-state index contributed by atoms with van der Waals surface area (Å²) in [4.78, 5) is 45.9. The molecular formula is C20H22N4O4S. The lowest BCUT2D eigenvalue weighted by Crippen LogP contribution is -2.40. The van der Waals surface area contributed by atoms with Gasteiger partial charge < -0.3 is 14.5 Å². The van der Waals surface area contributed by atoms with Crippen molar-refractivity contribution in [1.82, 2.24) is 9.88 Å². The van der Waals surface area contributed by atoms with Crippen molar-refractivity contribution in [1.29, 1.82) is 0 Å². The zero-order valence-corrected chi connectivity index (χ0v) is 16.9. The van der Waals surface area contributed by atoms with Crippen LogP contribution in [0.1, 0.15) is 23.9 Å². The van der Waals surface area contributed by atoms with E-state index in [-0.39, 0.29) is 24.2 Å². The fraction of sp³-hybridized carbons (Fsp3) is 0.400. The molecule has 2 aromatic rings. The summed E-state index contributed by atoms with van der Waals surface area (Å²) in [7, 11) is 0. The van der Waals surface area contributed by atoms with Crippen LogP contribution in [0.4, 0.5) is 15.6 Å². The van der Waals surface area contributed by atoms with Crippen molar-refractivity contribution in [2.45, 2.75) is 26.3 Å². The van der Waals surface area contributed by atoms with Crippen LogP contribution in [0.15, 0.2) is 30.3 Å². The molecule has 1 aromatic carbocycles. The molecule has 1 aromatic heterocycles. The van der Waals surface area contributed by atoms with E-state index >= 15 is 0 Å². The fourth-order valence-corrected chi connectivity index (χ4v) is 4.69. The third kappa shape index (κ3) is 4.09. The number of hydrogen-bond donors (Lipinski definition) is 1. The molecule has 2 aliphatic heterocycles. The first-order valence-electron chi connectivity index (χ1n) is 9.61. The van der Waals surface area contributed by atoms with E-state index in [4.69, 9.17) is 4.74 Å². The van der Waals surface area contributed by atoms with Crippen LogP contribution in [0.5, 0.6) is 0 Å². The van der Waals surface area contributed by atoms with Gasteiger partial charge in [0.15, 0.2) is 5.13 Å². The average molecular weight is 414 g/mol. The van der Waals surface area contributed by atoms with Gasteiger partial charge in [-0.1, -0.05) is 29.5 Å². The minimum atomic E-state index is -0.531. The normalized spacial score (nSPS) is 18.5. The molecule has 0 spiro atoms. The van der Waals surface area contributed by atoms with Gasteiger partial charge in [-0.15, -0.1) is 0 Å². The molecule has 4 rings (SSSR count). The van der Waals surface area contributed by atoms with Gasteiger partial charge in [0.05, 0.1) is 24.8 Å². The molecule has 3 amide bonds. The quantitative estimate of drug-likeness (QED) is 0.830. The Bertz CT molecular complexity index is 930. The van der Waals surface area contributed by atoms with Crippen molar-refractivity contribution in [3.8, 4) is 0 Å². The van der Waals surface area contributed by atoms with Crippen molar-refractivity contribution >= 4 is 40.1 Å². The summed E-state index contributed by atoms with van der Waals surface area (Å²) in [6.07, 6.45) is 0.331. The number of rotatable bonds is 4. The molecule has 3 heterocycles. The maximum Gasteiger partial charge on any atom is 0.413 e. The molecular weight excluding hydrogens is 392 g/mol. The van der Waals surface area contributed by atoms with E-state index in [1.165, 1.54) is 11.3 Å². The minimum absolute atomic E-state index is 0.00395. The third-order valence-corrected chi connectivity index (χ3v) is 6.07. The van der Waals surface area contributed by atoms with Gasteiger partial charge in [-0.25, -0.2) is 9.78 Å². The highest BCUT2D eigenvalue weighted by atomic mass is 32.1. The number of carbonyl (C=O) groups excluding carboxylic acids is 3. The molecule has 0 aliphatic carbocycles. The topological polar surface area (TPSA) is 91.8 Å². The molecule has 0 saturated carbocycles. The van der Waals surface area contributed by atoms with Gasteiger partial charge in [0, 0.05) is 36.5 Å². The molecule has 152 valence electrons. The van der Waals surface area contributed by atoms with E-state index in [1.54, 1.807) is 16.7 Å². The molecule has 1 unspecified atom stereocenters. The first-order chi connectivity index (χ1) is 14.0. The van der Waals surface area contributed by atoms with Crippen LogP contribution in [0.25, 0.3) is 0 Å². The van der Waals surface area contributed by atoms with E-state index in [0.29, 0.717) is 37.8 Å². The van der Waals surface area contributed by atoms with Crippen LogP contribution in [-0.2, 0) is 27.3 Å². The lowest BCUT2D eigenvalue weighted by molar-refractivity contribution is -0.136. The van der Waals surface area contributed by atoms with Gasteiger partial charge in [-0.05, 0) is 19.1 Å². The Balaban J connectivity index is 1.40. The second kappa shape index (κ2) is 8.20. The Morgan fingerprint density at radius 1 is 1.31 bits per heavy atom. The number of carbonyl (C=O) groups is 3. The number of aromatic nitrogens is 1. The van der Waals surface area contributed by atoms with Gasteiger partial charge >= 0.3 is 6.09 Å². The summed E-state index contributed by atoms with van der Waals surface area (Å²) in [6.45, 7) is 3.45. The SMILES string of the molecule is CCOC(=O)Nc1nc2c(s1)CN(C(=O)C1CC(=O)N(c3ccccc3)C1)CC2. The number of para-hydroxylation sites is 1. The van der Waals surface area contributed by atoms with E-state index in [2.05, 4.69) is 10.3 Å². The van der Waals surface area contributed by atoms with Crippen molar-refractivity contribution in [3.63, 3.8) is 0 Å². The Morgan fingerprint density at radius 3 is 2.86 bits per heavy atom. The Kier molecular flexibility index (Phi) is 5.48. The molecule has 1 N–H and O–H groups in total. The van der Waals surface area contributed by atoms with Crippen LogP contribution in [-0.4, -0.2) is 47.5 Å². The van der Waals surface area contributed by atoms with Crippen LogP contribution in [0.3, 0.4) is 0 Å². The highest BCUT2D eigenvalue weighted by molar-refractivity contribution is 7.15. The molecule has 0 bridgehead atoms. The monoisotopic (exact) mass is 414 g/mol. The number of amides is 3. The summed E-state index contributed by atoms with van der Waals surface area (Å²) < 4.78 is 4.88. The zero-order chi connectivity index (χ0) is 20.4. The van der Waals surface area contributed by atoms with Crippen LogP contribution in [0, 0.1) is 5.92 Å². The summed E-state index contributed by atoms with van der Waals surface area (Å²) in [6, 6.07) is 9.43. The van der Waals surface area contributed by atoms with Crippen molar-refractivity contribution in [3.05, 3.63) is 40.9 Å². The van der Waals surface area contributed by atoms with Crippen LogP contribution < -0.4 is 10.2 Å². The van der Waals surface area contributed by atoms with E-state index in [1.807, 2.05) is 30.3 Å².